The third kappa shape index (κ3) is 13.8. The summed E-state index contributed by atoms with van der Waals surface area (Å²) in [4.78, 5) is 65.0. The number of carbonyl (C=O) groups excluding carboxylic acids is 5. The van der Waals surface area contributed by atoms with Crippen molar-refractivity contribution < 1.29 is 52.4 Å². The third-order valence-electron chi connectivity index (χ3n) is 7.75. The van der Waals surface area contributed by atoms with E-state index in [0.29, 0.717) is 85.1 Å². The van der Waals surface area contributed by atoms with E-state index in [2.05, 4.69) is 23.5 Å². The molecule has 13 heteroatoms. The van der Waals surface area contributed by atoms with Crippen LogP contribution in [-0.2, 0) is 23.8 Å². The molecule has 1 amide bonds. The summed E-state index contributed by atoms with van der Waals surface area (Å²) in [5.74, 6) is -1.06. The summed E-state index contributed by atoms with van der Waals surface area (Å²) >= 11 is 0. The first-order valence-corrected chi connectivity index (χ1v) is 17.6. The summed E-state index contributed by atoms with van der Waals surface area (Å²) in [5, 5.41) is 2.75. The van der Waals surface area contributed by atoms with Crippen LogP contribution in [0.1, 0.15) is 62.3 Å². The Morgan fingerprint density at radius 3 is 1.68 bits per heavy atom. The van der Waals surface area contributed by atoms with E-state index in [1.54, 1.807) is 91.1 Å². The molecule has 13 nitrogen and oxygen atoms in total. The van der Waals surface area contributed by atoms with Gasteiger partial charge in [-0.3, -0.25) is 9.79 Å². The predicted molar refractivity (Wildman–Crippen MR) is 209 cm³/mol. The molecule has 1 N–H and O–H groups in total. The Kier molecular flexibility index (Phi) is 16.6. The van der Waals surface area contributed by atoms with Gasteiger partial charge in [0.15, 0.2) is 0 Å². The molecule has 0 aromatic heterocycles. The van der Waals surface area contributed by atoms with Crippen LogP contribution in [0.25, 0.3) is 0 Å². The zero-order valence-corrected chi connectivity index (χ0v) is 30.9. The molecule has 4 rings (SSSR count). The molecule has 0 saturated carbocycles. The van der Waals surface area contributed by atoms with Crippen molar-refractivity contribution in [3.05, 3.63) is 139 Å². The highest BCUT2D eigenvalue weighted by atomic mass is 16.5. The number of nitrogens with one attached hydrogen (secondary N) is 1. The number of amides is 1. The molecule has 0 radical (unpaired) electrons. The van der Waals surface area contributed by atoms with Gasteiger partial charge in [0.1, 0.15) is 17.2 Å². The second-order valence-corrected chi connectivity index (χ2v) is 11.8. The molecule has 0 unspecified atom stereocenters. The molecule has 0 heterocycles. The van der Waals surface area contributed by atoms with E-state index in [4.69, 9.17) is 28.4 Å². The van der Waals surface area contributed by atoms with E-state index in [1.165, 1.54) is 13.2 Å². The van der Waals surface area contributed by atoms with E-state index in [0.717, 1.165) is 12.2 Å². The van der Waals surface area contributed by atoms with Crippen LogP contribution in [0.4, 0.5) is 11.4 Å². The number of carbonyl (C=O) groups is 5. The van der Waals surface area contributed by atoms with Gasteiger partial charge in [-0.05, 0) is 122 Å². The highest BCUT2D eigenvalue weighted by molar-refractivity contribution is 6.08. The topological polar surface area (TPSA) is 165 Å². The SMILES string of the molecule is C=CC(=O)OCCCCOc1ccc(C(=O)Nc2ccc(N=Cc3ccc(OC(=O)c4ccc(OCCCCOC(=O)C=C)cc4)cc3)cc2C(=O)OC)cc1. The van der Waals surface area contributed by atoms with Crippen molar-refractivity contribution in [3.8, 4) is 17.2 Å². The van der Waals surface area contributed by atoms with Gasteiger partial charge in [-0.2, -0.15) is 0 Å². The summed E-state index contributed by atoms with van der Waals surface area (Å²) in [6, 6.07) is 24.5. The van der Waals surface area contributed by atoms with Crippen LogP contribution in [0.2, 0.25) is 0 Å². The van der Waals surface area contributed by atoms with Gasteiger partial charge in [0.2, 0.25) is 0 Å². The van der Waals surface area contributed by atoms with Gasteiger partial charge in [-0.1, -0.05) is 13.2 Å². The molecule has 0 aliphatic carbocycles. The molecular formula is C43H42N2O11. The third-order valence-corrected chi connectivity index (χ3v) is 7.75. The van der Waals surface area contributed by atoms with E-state index in [-0.39, 0.29) is 17.9 Å². The van der Waals surface area contributed by atoms with E-state index >= 15 is 0 Å². The summed E-state index contributed by atoms with van der Waals surface area (Å²) < 4.78 is 31.7. The Labute approximate surface area is 324 Å². The number of esters is 4. The molecule has 0 fully saturated rings. The Morgan fingerprint density at radius 1 is 0.625 bits per heavy atom. The van der Waals surface area contributed by atoms with Crippen LogP contribution in [0.15, 0.2) is 121 Å². The first-order chi connectivity index (χ1) is 27.2. The Balaban J connectivity index is 1.26. The largest absolute Gasteiger partial charge is 0.494 e. The monoisotopic (exact) mass is 762 g/mol. The first kappa shape index (κ1) is 41.7. The van der Waals surface area contributed by atoms with Gasteiger partial charge in [0.05, 0.1) is 56.0 Å². The number of anilines is 1. The zero-order valence-electron chi connectivity index (χ0n) is 30.9. The molecule has 4 aromatic carbocycles. The molecule has 290 valence electrons. The van der Waals surface area contributed by atoms with Crippen molar-refractivity contribution in [1.82, 2.24) is 0 Å². The fourth-order valence-corrected chi connectivity index (χ4v) is 4.77. The molecule has 0 aliphatic heterocycles. The van der Waals surface area contributed by atoms with Crippen LogP contribution in [0, 0.1) is 0 Å². The number of hydrogen-bond donors (Lipinski definition) is 1. The highest BCUT2D eigenvalue weighted by Gasteiger charge is 2.16. The van der Waals surface area contributed by atoms with Crippen LogP contribution >= 0.6 is 0 Å². The van der Waals surface area contributed by atoms with Crippen molar-refractivity contribution in [3.63, 3.8) is 0 Å². The van der Waals surface area contributed by atoms with Gasteiger partial charge in [0, 0.05) is 23.9 Å². The zero-order chi connectivity index (χ0) is 40.1. The van der Waals surface area contributed by atoms with Gasteiger partial charge in [0.25, 0.3) is 5.91 Å². The van der Waals surface area contributed by atoms with E-state index in [9.17, 15) is 24.0 Å². The molecule has 0 saturated heterocycles. The van der Waals surface area contributed by atoms with Gasteiger partial charge in [-0.25, -0.2) is 19.2 Å². The number of nitrogens with zero attached hydrogens (tertiary/aromatic N) is 1. The van der Waals surface area contributed by atoms with Crippen molar-refractivity contribution >= 4 is 47.4 Å². The average molecular weight is 763 g/mol. The van der Waals surface area contributed by atoms with Crippen molar-refractivity contribution in [2.45, 2.75) is 25.7 Å². The fraction of sp³-hybridized carbons (Fsp3) is 0.209. The normalized spacial score (nSPS) is 10.5. The summed E-state index contributed by atoms with van der Waals surface area (Å²) in [5.41, 5.74) is 2.17. The van der Waals surface area contributed by atoms with Crippen LogP contribution < -0.4 is 19.5 Å². The Bertz CT molecular complexity index is 2010. The lowest BCUT2D eigenvalue weighted by Crippen LogP contribution is -2.15. The van der Waals surface area contributed by atoms with Gasteiger partial charge < -0.3 is 33.7 Å². The van der Waals surface area contributed by atoms with Crippen LogP contribution in [0.5, 0.6) is 17.2 Å². The first-order valence-electron chi connectivity index (χ1n) is 17.6. The number of aliphatic imine (C=N–C) groups is 1. The molecule has 0 atom stereocenters. The summed E-state index contributed by atoms with van der Waals surface area (Å²) in [6.07, 6.45) is 6.46. The maximum atomic E-state index is 13.0. The maximum absolute atomic E-state index is 13.0. The van der Waals surface area contributed by atoms with Crippen LogP contribution in [0.3, 0.4) is 0 Å². The van der Waals surface area contributed by atoms with Crippen molar-refractivity contribution in [2.75, 3.05) is 38.9 Å². The van der Waals surface area contributed by atoms with E-state index < -0.39 is 29.8 Å². The molecule has 0 bridgehead atoms. The molecular weight excluding hydrogens is 720 g/mol. The molecule has 0 aliphatic rings. The number of unbranched alkanes of at least 4 members (excludes halogenated alkanes) is 2. The number of methoxy groups -OCH3 is 1. The minimum absolute atomic E-state index is 0.111. The van der Waals surface area contributed by atoms with Gasteiger partial charge in [-0.15, -0.1) is 0 Å². The standard InChI is InChI=1S/C43H42N2O11/c1-4-39(46)54-26-8-6-24-52-34-19-12-31(13-20-34)41(48)45-38-23-16-33(28-37(38)43(50)51-3)44-29-30-10-17-36(18-11-30)56-42(49)32-14-21-35(22-15-32)53-25-7-9-27-55-40(47)5-2/h4-5,10-23,28-29H,1-2,6-9,24-27H2,3H3,(H,45,48). The molecule has 4 aromatic rings. The van der Waals surface area contributed by atoms with Crippen LogP contribution in [-0.4, -0.2) is 69.5 Å². The van der Waals surface area contributed by atoms with Crippen molar-refractivity contribution in [2.24, 2.45) is 4.99 Å². The minimum atomic E-state index is -0.658. The number of ether oxygens (including phenoxy) is 6. The smallest absolute Gasteiger partial charge is 0.343 e. The number of benzene rings is 4. The predicted octanol–water partition coefficient (Wildman–Crippen LogP) is 7.47. The minimum Gasteiger partial charge on any atom is -0.494 e. The van der Waals surface area contributed by atoms with E-state index in [1.807, 2.05) is 0 Å². The summed E-state index contributed by atoms with van der Waals surface area (Å²) in [6.45, 7) is 8.10. The maximum Gasteiger partial charge on any atom is 0.343 e. The second kappa shape index (κ2) is 22.3. The second-order valence-electron chi connectivity index (χ2n) is 11.8. The molecule has 56 heavy (non-hydrogen) atoms. The lowest BCUT2D eigenvalue weighted by Gasteiger charge is -2.11. The fourth-order valence-electron chi connectivity index (χ4n) is 4.77. The average Bonchev–Trinajstić information content (AvgIpc) is 3.23. The van der Waals surface area contributed by atoms with Gasteiger partial charge >= 0.3 is 23.9 Å². The number of hydrogen-bond acceptors (Lipinski definition) is 12. The van der Waals surface area contributed by atoms with Crippen molar-refractivity contribution in [1.29, 1.82) is 0 Å². The highest BCUT2D eigenvalue weighted by Crippen LogP contribution is 2.25. The lowest BCUT2D eigenvalue weighted by molar-refractivity contribution is -0.138. The molecule has 0 spiro atoms. The quantitative estimate of drug-likeness (QED) is 0.0224. The lowest BCUT2D eigenvalue weighted by atomic mass is 10.1. The Hall–Kier alpha value is -7.02. The number of rotatable bonds is 21. The Morgan fingerprint density at radius 2 is 1.14 bits per heavy atom. The summed E-state index contributed by atoms with van der Waals surface area (Å²) in [7, 11) is 1.24.